The van der Waals surface area contributed by atoms with Crippen molar-refractivity contribution in [2.45, 2.75) is 0 Å². The van der Waals surface area contributed by atoms with Crippen LogP contribution < -0.4 is 5.43 Å². The minimum atomic E-state index is -0.748. The topological polar surface area (TPSA) is 76.7 Å². The van der Waals surface area contributed by atoms with Gasteiger partial charge < -0.3 is 14.3 Å². The van der Waals surface area contributed by atoms with Crippen LogP contribution in [0.15, 0.2) is 33.5 Å². The third kappa shape index (κ3) is 2.26. The van der Waals surface area contributed by atoms with E-state index in [1.54, 1.807) is 6.07 Å². The summed E-state index contributed by atoms with van der Waals surface area (Å²) in [4.78, 5) is 22.9. The molecular weight excluding hydrogens is 320 g/mol. The molecule has 0 aliphatic heterocycles. The Morgan fingerprint density at radius 1 is 1.35 bits per heavy atom. The van der Waals surface area contributed by atoms with Gasteiger partial charge in [0, 0.05) is 27.8 Å². The van der Waals surface area contributed by atoms with Gasteiger partial charge in [0.1, 0.15) is 0 Å². The molecule has 17 heavy (non-hydrogen) atoms. The maximum Gasteiger partial charge on any atom is 0.345 e. The van der Waals surface area contributed by atoms with Crippen molar-refractivity contribution in [2.24, 2.45) is 0 Å². The zero-order valence-electron chi connectivity index (χ0n) is 8.69. The molecule has 0 fully saturated rings. The van der Waals surface area contributed by atoms with E-state index in [-0.39, 0.29) is 38.9 Å². The number of rotatable bonds is 1. The first-order valence-electron chi connectivity index (χ1n) is 4.48. The number of carbonyl (C=O) groups is 1. The maximum absolute atomic E-state index is 11.5. The van der Waals surface area contributed by atoms with Crippen molar-refractivity contribution in [3.8, 4) is 5.95 Å². The maximum atomic E-state index is 11.5. The summed E-state index contributed by atoms with van der Waals surface area (Å²) >= 11 is 0. The number of aromatic hydroxyl groups is 1. The van der Waals surface area contributed by atoms with Crippen molar-refractivity contribution in [2.75, 3.05) is 7.11 Å². The molecule has 0 unspecified atom stereocenters. The molecule has 1 N–H and O–H groups in total. The zero-order valence-corrected chi connectivity index (χ0v) is 10.2. The van der Waals surface area contributed by atoms with Crippen molar-refractivity contribution in [3.05, 3.63) is 40.1 Å². The minimum Gasteiger partial charge on any atom is -0.480 e. The summed E-state index contributed by atoms with van der Waals surface area (Å²) in [6.07, 6.45) is 0. The molecule has 93 valence electrons. The second-order valence-corrected chi connectivity index (χ2v) is 3.10. The SMILES string of the molecule is COC(=O)c1c(O)oc2c(=O)ccccc12.[Ag]. The molecule has 2 aromatic rings. The first kappa shape index (κ1) is 13.5. The predicted molar refractivity (Wildman–Crippen MR) is 55.5 cm³/mol. The summed E-state index contributed by atoms with van der Waals surface area (Å²) in [5.74, 6) is -1.35. The summed E-state index contributed by atoms with van der Waals surface area (Å²) in [7, 11) is 1.18. The summed E-state index contributed by atoms with van der Waals surface area (Å²) < 4.78 is 9.35. The number of hydrogen-bond acceptors (Lipinski definition) is 5. The van der Waals surface area contributed by atoms with Gasteiger partial charge in [-0.05, 0) is 12.1 Å². The Bertz CT molecular complexity index is 617. The third-order valence-corrected chi connectivity index (χ3v) is 2.16. The number of methoxy groups -OCH3 is 1. The van der Waals surface area contributed by atoms with E-state index in [9.17, 15) is 14.7 Å². The van der Waals surface area contributed by atoms with Gasteiger partial charge in [-0.3, -0.25) is 4.79 Å². The second-order valence-electron chi connectivity index (χ2n) is 3.10. The largest absolute Gasteiger partial charge is 0.480 e. The molecule has 5 nitrogen and oxygen atoms in total. The zero-order chi connectivity index (χ0) is 11.7. The van der Waals surface area contributed by atoms with Gasteiger partial charge in [-0.25, -0.2) is 4.79 Å². The molecule has 6 heteroatoms. The number of furan rings is 1. The van der Waals surface area contributed by atoms with E-state index in [4.69, 9.17) is 4.42 Å². The van der Waals surface area contributed by atoms with E-state index in [1.165, 1.54) is 25.3 Å². The number of ether oxygens (including phenoxy) is 1. The standard InChI is InChI=1S/C11H8O5.Ag/c1-15-10(13)8-6-4-2-3-5-7(12)9(6)16-11(8)14;/h2-5,14H,1H3;. The Hall–Kier alpha value is -1.56. The molecule has 1 heterocycles. The van der Waals surface area contributed by atoms with Crippen LogP contribution in [0.25, 0.3) is 11.0 Å². The smallest absolute Gasteiger partial charge is 0.345 e. The molecule has 1 radical (unpaired) electrons. The molecule has 0 amide bonds. The van der Waals surface area contributed by atoms with Gasteiger partial charge >= 0.3 is 5.97 Å². The summed E-state index contributed by atoms with van der Waals surface area (Å²) in [6, 6.07) is 5.89. The first-order valence-corrected chi connectivity index (χ1v) is 4.48. The van der Waals surface area contributed by atoms with Crippen LogP contribution in [0.2, 0.25) is 0 Å². The monoisotopic (exact) mass is 327 g/mol. The number of esters is 1. The molecule has 2 rings (SSSR count). The molecular formula is C11H8AgO5. The normalized spacial score (nSPS) is 9.71. The van der Waals surface area contributed by atoms with Crippen LogP contribution in [0.1, 0.15) is 10.4 Å². The Balaban J connectivity index is 0.00000144. The Kier molecular flexibility index (Phi) is 4.12. The fraction of sp³-hybridized carbons (Fsp3) is 0.0909. The van der Waals surface area contributed by atoms with E-state index in [0.717, 1.165) is 0 Å². The number of fused-ring (bicyclic) bond motifs is 1. The first-order chi connectivity index (χ1) is 7.65. The van der Waals surface area contributed by atoms with Crippen LogP contribution in [0.5, 0.6) is 5.95 Å². The Morgan fingerprint density at radius 3 is 2.65 bits per heavy atom. The minimum absolute atomic E-state index is 0. The van der Waals surface area contributed by atoms with Crippen molar-refractivity contribution in [3.63, 3.8) is 0 Å². The molecule has 0 bridgehead atoms. The van der Waals surface area contributed by atoms with Gasteiger partial charge in [-0.15, -0.1) is 0 Å². The van der Waals surface area contributed by atoms with Crippen molar-refractivity contribution >= 4 is 16.9 Å². The van der Waals surface area contributed by atoms with Crippen LogP contribution in [0.3, 0.4) is 0 Å². The van der Waals surface area contributed by atoms with Gasteiger partial charge in [0.15, 0.2) is 11.1 Å². The van der Waals surface area contributed by atoms with Crippen LogP contribution in [0.4, 0.5) is 0 Å². The average molecular weight is 328 g/mol. The molecule has 0 spiro atoms. The van der Waals surface area contributed by atoms with E-state index < -0.39 is 17.3 Å². The van der Waals surface area contributed by atoms with Gasteiger partial charge in [0.25, 0.3) is 5.95 Å². The molecule has 0 saturated carbocycles. The molecule has 0 aliphatic carbocycles. The summed E-state index contributed by atoms with van der Waals surface area (Å²) in [6.45, 7) is 0. The molecule has 0 atom stereocenters. The van der Waals surface area contributed by atoms with E-state index in [2.05, 4.69) is 4.74 Å². The quantitative estimate of drug-likeness (QED) is 0.630. The molecule has 1 aromatic carbocycles. The molecule has 0 aliphatic rings. The molecule has 0 saturated heterocycles. The van der Waals surface area contributed by atoms with Crippen molar-refractivity contribution in [1.82, 2.24) is 0 Å². The van der Waals surface area contributed by atoms with Gasteiger partial charge in [0.05, 0.1) is 7.11 Å². The van der Waals surface area contributed by atoms with Gasteiger partial charge in [0.2, 0.25) is 5.43 Å². The number of hydrogen-bond donors (Lipinski definition) is 1. The van der Waals surface area contributed by atoms with Crippen LogP contribution in [-0.4, -0.2) is 18.2 Å². The second kappa shape index (κ2) is 5.18. The van der Waals surface area contributed by atoms with Crippen LogP contribution in [0, 0.1) is 0 Å². The Morgan fingerprint density at radius 2 is 2.00 bits per heavy atom. The van der Waals surface area contributed by atoms with Crippen molar-refractivity contribution in [1.29, 1.82) is 0 Å². The predicted octanol–water partition coefficient (Wildman–Crippen LogP) is 1.28. The fourth-order valence-corrected chi connectivity index (χ4v) is 1.44. The molecule has 1 aromatic heterocycles. The van der Waals surface area contributed by atoms with Crippen molar-refractivity contribution < 1.29 is 41.4 Å². The van der Waals surface area contributed by atoms with E-state index in [0.29, 0.717) is 0 Å². The average Bonchev–Trinajstić information content (AvgIpc) is 2.50. The van der Waals surface area contributed by atoms with Crippen LogP contribution >= 0.6 is 0 Å². The van der Waals surface area contributed by atoms with Gasteiger partial charge in [-0.1, -0.05) is 12.1 Å². The summed E-state index contributed by atoms with van der Waals surface area (Å²) in [5.41, 5.74) is -0.612. The Labute approximate surface area is 112 Å². The fourth-order valence-electron chi connectivity index (χ4n) is 1.44. The van der Waals surface area contributed by atoms with Gasteiger partial charge in [-0.2, -0.15) is 0 Å². The number of carbonyl (C=O) groups excluding carboxylic acids is 1. The van der Waals surface area contributed by atoms with Crippen LogP contribution in [-0.2, 0) is 27.1 Å². The third-order valence-electron chi connectivity index (χ3n) is 2.16. The van der Waals surface area contributed by atoms with E-state index in [1.807, 2.05) is 0 Å². The summed E-state index contributed by atoms with van der Waals surface area (Å²) in [5, 5.41) is 9.67. The van der Waals surface area contributed by atoms with E-state index >= 15 is 0 Å².